The Labute approximate surface area is 107 Å². The van der Waals surface area contributed by atoms with Crippen molar-refractivity contribution in [2.45, 2.75) is 0 Å². The lowest BCUT2D eigenvalue weighted by Crippen LogP contribution is -2.23. The standard InChI is InChI=1S/C14H8FNO3/c1-19-9-4-2-3-7-10(9)13(18)11-8(12(7)17)5-6-16-14(11)15/h2-6H,1H3. The Hall–Kier alpha value is -2.56. The minimum atomic E-state index is -0.938. The number of benzene rings is 1. The molecule has 0 unspecified atom stereocenters. The first kappa shape index (κ1) is 11.5. The van der Waals surface area contributed by atoms with Crippen LogP contribution >= 0.6 is 0 Å². The van der Waals surface area contributed by atoms with Crippen LogP contribution < -0.4 is 4.74 Å². The average Bonchev–Trinajstić information content (AvgIpc) is 2.43. The van der Waals surface area contributed by atoms with E-state index in [1.54, 1.807) is 12.1 Å². The highest BCUT2D eigenvalue weighted by Gasteiger charge is 2.34. The second kappa shape index (κ2) is 3.98. The highest BCUT2D eigenvalue weighted by atomic mass is 19.1. The highest BCUT2D eigenvalue weighted by Crippen LogP contribution is 2.33. The first-order valence-corrected chi connectivity index (χ1v) is 5.56. The van der Waals surface area contributed by atoms with E-state index in [0.717, 1.165) is 0 Å². The van der Waals surface area contributed by atoms with Gasteiger partial charge in [-0.3, -0.25) is 9.59 Å². The first-order valence-electron chi connectivity index (χ1n) is 5.56. The molecular formula is C14H8FNO3. The van der Waals surface area contributed by atoms with Crippen molar-refractivity contribution in [1.82, 2.24) is 4.98 Å². The molecule has 1 aromatic heterocycles. The molecule has 0 bridgehead atoms. The van der Waals surface area contributed by atoms with E-state index in [1.807, 2.05) is 0 Å². The molecule has 5 heteroatoms. The van der Waals surface area contributed by atoms with Crippen LogP contribution in [0.25, 0.3) is 0 Å². The van der Waals surface area contributed by atoms with Crippen molar-refractivity contribution in [2.75, 3.05) is 7.11 Å². The number of hydrogen-bond donors (Lipinski definition) is 0. The Morgan fingerprint density at radius 1 is 1.05 bits per heavy atom. The molecule has 0 saturated heterocycles. The van der Waals surface area contributed by atoms with E-state index in [4.69, 9.17) is 4.74 Å². The number of nitrogens with zero attached hydrogens (tertiary/aromatic N) is 1. The Balaban J connectivity index is 2.37. The van der Waals surface area contributed by atoms with E-state index >= 15 is 0 Å². The van der Waals surface area contributed by atoms with Crippen LogP contribution in [0.2, 0.25) is 0 Å². The van der Waals surface area contributed by atoms with Gasteiger partial charge in [0.1, 0.15) is 5.75 Å². The van der Waals surface area contributed by atoms with E-state index in [-0.39, 0.29) is 28.0 Å². The first-order chi connectivity index (χ1) is 9.15. The van der Waals surface area contributed by atoms with E-state index in [0.29, 0.717) is 0 Å². The maximum Gasteiger partial charge on any atom is 0.224 e. The number of carbonyl (C=O) groups is 2. The molecule has 94 valence electrons. The van der Waals surface area contributed by atoms with Gasteiger partial charge in [0.15, 0.2) is 5.78 Å². The Morgan fingerprint density at radius 3 is 2.53 bits per heavy atom. The number of methoxy groups -OCH3 is 1. The van der Waals surface area contributed by atoms with E-state index < -0.39 is 17.5 Å². The Morgan fingerprint density at radius 2 is 1.79 bits per heavy atom. The molecular weight excluding hydrogens is 249 g/mol. The van der Waals surface area contributed by atoms with Gasteiger partial charge in [-0.2, -0.15) is 4.39 Å². The third kappa shape index (κ3) is 1.48. The van der Waals surface area contributed by atoms with Crippen LogP contribution in [0.15, 0.2) is 30.5 Å². The van der Waals surface area contributed by atoms with Gasteiger partial charge in [-0.1, -0.05) is 12.1 Å². The SMILES string of the molecule is COc1cccc2c1C(=O)c1c(ccnc1F)C2=O. The molecule has 19 heavy (non-hydrogen) atoms. The molecule has 4 nitrogen and oxygen atoms in total. The molecule has 0 amide bonds. The number of ketones is 2. The second-order valence-electron chi connectivity index (χ2n) is 4.07. The highest BCUT2D eigenvalue weighted by molar-refractivity contribution is 6.29. The van der Waals surface area contributed by atoms with Gasteiger partial charge < -0.3 is 4.74 Å². The molecule has 1 aliphatic rings. The second-order valence-corrected chi connectivity index (χ2v) is 4.07. The molecule has 0 aliphatic heterocycles. The van der Waals surface area contributed by atoms with Crippen molar-refractivity contribution in [3.63, 3.8) is 0 Å². The van der Waals surface area contributed by atoms with E-state index in [2.05, 4.69) is 4.98 Å². The molecule has 2 aromatic rings. The lowest BCUT2D eigenvalue weighted by atomic mass is 9.84. The van der Waals surface area contributed by atoms with Crippen LogP contribution in [0.3, 0.4) is 0 Å². The fourth-order valence-electron chi connectivity index (χ4n) is 2.24. The van der Waals surface area contributed by atoms with Gasteiger partial charge in [-0.25, -0.2) is 4.98 Å². The smallest absolute Gasteiger partial charge is 0.224 e. The van der Waals surface area contributed by atoms with Gasteiger partial charge in [-0.15, -0.1) is 0 Å². The maximum absolute atomic E-state index is 13.7. The average molecular weight is 257 g/mol. The largest absolute Gasteiger partial charge is 0.496 e. The number of carbonyl (C=O) groups excluding carboxylic acids is 2. The molecule has 0 spiro atoms. The van der Waals surface area contributed by atoms with Crippen molar-refractivity contribution >= 4 is 11.6 Å². The molecule has 0 fully saturated rings. The number of pyridine rings is 1. The minimum Gasteiger partial charge on any atom is -0.496 e. The minimum absolute atomic E-state index is 0.0400. The van der Waals surface area contributed by atoms with Gasteiger partial charge >= 0.3 is 0 Å². The summed E-state index contributed by atoms with van der Waals surface area (Å²) < 4.78 is 18.8. The lowest BCUT2D eigenvalue weighted by Gasteiger charge is -2.19. The summed E-state index contributed by atoms with van der Waals surface area (Å²) in [5, 5.41) is 0. The van der Waals surface area contributed by atoms with Crippen LogP contribution in [0.1, 0.15) is 31.8 Å². The molecule has 0 atom stereocenters. The van der Waals surface area contributed by atoms with Gasteiger partial charge in [0, 0.05) is 17.3 Å². The zero-order valence-corrected chi connectivity index (χ0v) is 9.94. The monoisotopic (exact) mass is 257 g/mol. The molecule has 3 rings (SSSR count). The van der Waals surface area contributed by atoms with Crippen molar-refractivity contribution < 1.29 is 18.7 Å². The number of aromatic nitrogens is 1. The van der Waals surface area contributed by atoms with Crippen LogP contribution in [-0.2, 0) is 0 Å². The predicted molar refractivity (Wildman–Crippen MR) is 64.1 cm³/mol. The van der Waals surface area contributed by atoms with Crippen LogP contribution in [0, 0.1) is 5.95 Å². The molecule has 0 saturated carbocycles. The van der Waals surface area contributed by atoms with Crippen molar-refractivity contribution in [3.05, 3.63) is 58.7 Å². The van der Waals surface area contributed by atoms with Gasteiger partial charge in [0.2, 0.25) is 11.7 Å². The summed E-state index contributed by atoms with van der Waals surface area (Å²) in [5.41, 5.74) is 0.0691. The number of hydrogen-bond acceptors (Lipinski definition) is 4. The van der Waals surface area contributed by atoms with E-state index in [1.165, 1.54) is 25.4 Å². The predicted octanol–water partition coefficient (Wildman–Crippen LogP) is 2.00. The summed E-state index contributed by atoms with van der Waals surface area (Å²) in [4.78, 5) is 28.0. The van der Waals surface area contributed by atoms with Gasteiger partial charge in [-0.05, 0) is 12.1 Å². The quantitative estimate of drug-likeness (QED) is 0.626. The van der Waals surface area contributed by atoms with Crippen molar-refractivity contribution in [2.24, 2.45) is 0 Å². The fourth-order valence-corrected chi connectivity index (χ4v) is 2.24. The molecule has 0 N–H and O–H groups in total. The van der Waals surface area contributed by atoms with Crippen LogP contribution in [-0.4, -0.2) is 23.7 Å². The Kier molecular flexibility index (Phi) is 2.41. The Bertz CT molecular complexity index is 725. The third-order valence-electron chi connectivity index (χ3n) is 3.09. The number of fused-ring (bicyclic) bond motifs is 2. The molecule has 1 heterocycles. The summed E-state index contributed by atoms with van der Waals surface area (Å²) in [7, 11) is 1.39. The van der Waals surface area contributed by atoms with Gasteiger partial charge in [0.25, 0.3) is 0 Å². The number of ether oxygens (including phenoxy) is 1. The summed E-state index contributed by atoms with van der Waals surface area (Å²) >= 11 is 0. The third-order valence-corrected chi connectivity index (χ3v) is 3.09. The maximum atomic E-state index is 13.7. The summed E-state index contributed by atoms with van der Waals surface area (Å²) in [6.45, 7) is 0. The number of rotatable bonds is 1. The van der Waals surface area contributed by atoms with E-state index in [9.17, 15) is 14.0 Å². The van der Waals surface area contributed by atoms with Gasteiger partial charge in [0.05, 0.1) is 18.2 Å². The summed E-state index contributed by atoms with van der Waals surface area (Å²) in [6, 6.07) is 6.05. The summed E-state index contributed by atoms with van der Waals surface area (Å²) in [5.74, 6) is -1.66. The number of halogens is 1. The zero-order valence-electron chi connectivity index (χ0n) is 9.94. The lowest BCUT2D eigenvalue weighted by molar-refractivity contribution is 0.0972. The van der Waals surface area contributed by atoms with Crippen molar-refractivity contribution in [3.8, 4) is 5.75 Å². The van der Waals surface area contributed by atoms with Crippen molar-refractivity contribution in [1.29, 1.82) is 0 Å². The van der Waals surface area contributed by atoms with Crippen LogP contribution in [0.4, 0.5) is 4.39 Å². The molecule has 1 aliphatic carbocycles. The topological polar surface area (TPSA) is 56.3 Å². The van der Waals surface area contributed by atoms with Crippen LogP contribution in [0.5, 0.6) is 5.75 Å². The zero-order chi connectivity index (χ0) is 13.6. The fraction of sp³-hybridized carbons (Fsp3) is 0.0714. The summed E-state index contributed by atoms with van der Waals surface area (Å²) in [6.07, 6.45) is 1.17. The molecule has 0 radical (unpaired) electrons. The molecule has 1 aromatic carbocycles. The normalized spacial score (nSPS) is 12.9.